The van der Waals surface area contributed by atoms with E-state index in [1.165, 1.54) is 16.5 Å². The average Bonchev–Trinajstić information content (AvgIpc) is 2.93. The van der Waals surface area contributed by atoms with Gasteiger partial charge in [-0.05, 0) is 55.8 Å². The van der Waals surface area contributed by atoms with Crippen molar-refractivity contribution < 1.29 is 9.53 Å². The Kier molecular flexibility index (Phi) is 3.69. The lowest BCUT2D eigenvalue weighted by atomic mass is 9.99. The molecule has 0 spiro atoms. The van der Waals surface area contributed by atoms with Gasteiger partial charge in [-0.1, -0.05) is 18.2 Å². The third-order valence-electron chi connectivity index (χ3n) is 3.79. The van der Waals surface area contributed by atoms with Crippen molar-refractivity contribution in [1.82, 2.24) is 9.88 Å². The first-order chi connectivity index (χ1) is 10.4. The van der Waals surface area contributed by atoms with Gasteiger partial charge in [0, 0.05) is 24.8 Å². The van der Waals surface area contributed by atoms with Gasteiger partial charge in [-0.15, -0.1) is 0 Å². The number of hydrogen-bond donors (Lipinski definition) is 1. The molecule has 0 unspecified atom stereocenters. The van der Waals surface area contributed by atoms with E-state index >= 15 is 0 Å². The summed E-state index contributed by atoms with van der Waals surface area (Å²) in [5, 5.41) is 1.22. The normalized spacial score (nSPS) is 15.8. The van der Waals surface area contributed by atoms with E-state index in [0.29, 0.717) is 13.1 Å². The monoisotopic (exact) mass is 298 g/mol. The number of benzene rings is 1. The number of amides is 1. The fourth-order valence-electron chi connectivity index (χ4n) is 2.67. The lowest BCUT2D eigenvalue weighted by Gasteiger charge is -2.29. The fourth-order valence-corrected chi connectivity index (χ4v) is 2.67. The Hall–Kier alpha value is -2.23. The molecular formula is C18H22N2O2. The molecule has 0 bridgehead atoms. The molecule has 0 saturated heterocycles. The minimum atomic E-state index is -0.445. The van der Waals surface area contributed by atoms with Crippen molar-refractivity contribution in [2.75, 3.05) is 13.1 Å². The van der Waals surface area contributed by atoms with Gasteiger partial charge in [0.1, 0.15) is 5.60 Å². The predicted molar refractivity (Wildman–Crippen MR) is 88.7 cm³/mol. The van der Waals surface area contributed by atoms with E-state index in [9.17, 15) is 4.79 Å². The number of H-pyrrole nitrogens is 1. The molecule has 22 heavy (non-hydrogen) atoms. The molecule has 0 atom stereocenters. The number of carbonyl (C=O) groups excluding carboxylic acids is 1. The molecule has 0 aliphatic carbocycles. The number of fused-ring (bicyclic) bond motifs is 1. The van der Waals surface area contributed by atoms with Crippen molar-refractivity contribution in [2.45, 2.75) is 32.8 Å². The van der Waals surface area contributed by atoms with E-state index in [1.807, 2.05) is 27.0 Å². The Balaban J connectivity index is 1.72. The van der Waals surface area contributed by atoms with Crippen LogP contribution >= 0.6 is 0 Å². The molecular weight excluding hydrogens is 276 g/mol. The zero-order valence-corrected chi connectivity index (χ0v) is 13.3. The van der Waals surface area contributed by atoms with Crippen molar-refractivity contribution in [3.63, 3.8) is 0 Å². The molecule has 116 valence electrons. The summed E-state index contributed by atoms with van der Waals surface area (Å²) < 4.78 is 5.42. The second kappa shape index (κ2) is 5.52. The highest BCUT2D eigenvalue weighted by Gasteiger charge is 2.23. The van der Waals surface area contributed by atoms with Crippen LogP contribution in [-0.2, 0) is 4.74 Å². The highest BCUT2D eigenvalue weighted by Crippen LogP contribution is 2.26. The van der Waals surface area contributed by atoms with Crippen LogP contribution in [0.5, 0.6) is 0 Å². The van der Waals surface area contributed by atoms with Gasteiger partial charge in [0.2, 0.25) is 0 Å². The Bertz CT molecular complexity index is 722. The second-order valence-corrected chi connectivity index (χ2v) is 6.69. The van der Waals surface area contributed by atoms with Crippen LogP contribution in [0.4, 0.5) is 4.79 Å². The predicted octanol–water partition coefficient (Wildman–Crippen LogP) is 4.19. The molecule has 0 fully saturated rings. The van der Waals surface area contributed by atoms with Gasteiger partial charge in [-0.2, -0.15) is 0 Å². The van der Waals surface area contributed by atoms with E-state index < -0.39 is 5.60 Å². The Morgan fingerprint density at radius 1 is 1.27 bits per heavy atom. The number of hydrogen-bond acceptors (Lipinski definition) is 2. The maximum absolute atomic E-state index is 12.1. The number of nitrogens with one attached hydrogen (secondary N) is 1. The summed E-state index contributed by atoms with van der Waals surface area (Å²) in [6.45, 7) is 6.97. The molecule has 0 radical (unpaired) electrons. The van der Waals surface area contributed by atoms with Crippen LogP contribution < -0.4 is 0 Å². The zero-order valence-electron chi connectivity index (χ0n) is 13.3. The SMILES string of the molecule is CC(C)(C)OC(=O)N1CC=C(c2ccc3cc[nH]c3c2)CC1. The summed E-state index contributed by atoms with van der Waals surface area (Å²) in [5.74, 6) is 0. The molecule has 2 aromatic rings. The Labute approximate surface area is 130 Å². The van der Waals surface area contributed by atoms with Crippen LogP contribution in [-0.4, -0.2) is 34.7 Å². The number of ether oxygens (including phenoxy) is 1. The lowest BCUT2D eigenvalue weighted by molar-refractivity contribution is 0.0270. The van der Waals surface area contributed by atoms with E-state index in [-0.39, 0.29) is 6.09 Å². The van der Waals surface area contributed by atoms with Crippen molar-refractivity contribution in [1.29, 1.82) is 0 Å². The summed E-state index contributed by atoms with van der Waals surface area (Å²) in [4.78, 5) is 17.1. The number of rotatable bonds is 1. The van der Waals surface area contributed by atoms with E-state index in [2.05, 4.69) is 35.3 Å². The van der Waals surface area contributed by atoms with Gasteiger partial charge < -0.3 is 14.6 Å². The Morgan fingerprint density at radius 3 is 2.77 bits per heavy atom. The molecule has 1 aromatic carbocycles. The van der Waals surface area contributed by atoms with Crippen LogP contribution in [0.2, 0.25) is 0 Å². The van der Waals surface area contributed by atoms with Crippen LogP contribution in [0.1, 0.15) is 32.8 Å². The molecule has 4 heteroatoms. The fraction of sp³-hybridized carbons (Fsp3) is 0.389. The summed E-state index contributed by atoms with van der Waals surface area (Å²) >= 11 is 0. The van der Waals surface area contributed by atoms with E-state index in [0.717, 1.165) is 11.9 Å². The molecule has 1 aliphatic rings. The first-order valence-electron chi connectivity index (χ1n) is 7.67. The molecule has 1 aromatic heterocycles. The second-order valence-electron chi connectivity index (χ2n) is 6.69. The summed E-state index contributed by atoms with van der Waals surface area (Å²) in [5.41, 5.74) is 3.21. The van der Waals surface area contributed by atoms with Crippen LogP contribution in [0.3, 0.4) is 0 Å². The first-order valence-corrected chi connectivity index (χ1v) is 7.67. The topological polar surface area (TPSA) is 45.3 Å². The maximum Gasteiger partial charge on any atom is 0.410 e. The van der Waals surface area contributed by atoms with E-state index in [1.54, 1.807) is 4.90 Å². The lowest BCUT2D eigenvalue weighted by Crippen LogP contribution is -2.39. The van der Waals surface area contributed by atoms with Gasteiger partial charge in [-0.3, -0.25) is 0 Å². The summed E-state index contributed by atoms with van der Waals surface area (Å²) in [6.07, 6.45) is 4.69. The summed E-state index contributed by atoms with van der Waals surface area (Å²) in [6, 6.07) is 8.51. The van der Waals surface area contributed by atoms with Gasteiger partial charge in [0.15, 0.2) is 0 Å². The van der Waals surface area contributed by atoms with Crippen LogP contribution in [0.15, 0.2) is 36.5 Å². The van der Waals surface area contributed by atoms with Crippen molar-refractivity contribution >= 4 is 22.6 Å². The summed E-state index contributed by atoms with van der Waals surface area (Å²) in [7, 11) is 0. The van der Waals surface area contributed by atoms with Gasteiger partial charge in [0.05, 0.1) is 0 Å². The zero-order chi connectivity index (χ0) is 15.7. The first kappa shape index (κ1) is 14.7. The number of aromatic nitrogens is 1. The average molecular weight is 298 g/mol. The number of carbonyl (C=O) groups is 1. The minimum Gasteiger partial charge on any atom is -0.444 e. The van der Waals surface area contributed by atoms with E-state index in [4.69, 9.17) is 4.74 Å². The van der Waals surface area contributed by atoms with Crippen molar-refractivity contribution in [3.05, 3.63) is 42.1 Å². The van der Waals surface area contributed by atoms with Crippen LogP contribution in [0, 0.1) is 0 Å². The number of nitrogens with zero attached hydrogens (tertiary/aromatic N) is 1. The molecule has 2 heterocycles. The molecule has 3 rings (SSSR count). The third kappa shape index (κ3) is 3.16. The number of aromatic amines is 1. The molecule has 0 saturated carbocycles. The largest absolute Gasteiger partial charge is 0.444 e. The molecule has 1 amide bonds. The van der Waals surface area contributed by atoms with Gasteiger partial charge in [0.25, 0.3) is 0 Å². The standard InChI is InChI=1S/C18H22N2O2/c1-18(2,3)22-17(21)20-10-7-13(8-11-20)15-5-4-14-6-9-19-16(14)12-15/h4-7,9,12,19H,8,10-11H2,1-3H3. The smallest absolute Gasteiger partial charge is 0.410 e. The van der Waals surface area contributed by atoms with Crippen molar-refractivity contribution in [2.24, 2.45) is 0 Å². The quantitative estimate of drug-likeness (QED) is 0.858. The minimum absolute atomic E-state index is 0.234. The highest BCUT2D eigenvalue weighted by molar-refractivity contribution is 5.84. The molecule has 4 nitrogen and oxygen atoms in total. The maximum atomic E-state index is 12.1. The third-order valence-corrected chi connectivity index (χ3v) is 3.79. The van der Waals surface area contributed by atoms with Crippen LogP contribution in [0.25, 0.3) is 16.5 Å². The molecule has 1 N–H and O–H groups in total. The van der Waals surface area contributed by atoms with Gasteiger partial charge in [-0.25, -0.2) is 4.79 Å². The Morgan fingerprint density at radius 2 is 2.09 bits per heavy atom. The van der Waals surface area contributed by atoms with Gasteiger partial charge >= 0.3 is 6.09 Å². The molecule has 1 aliphatic heterocycles. The highest BCUT2D eigenvalue weighted by atomic mass is 16.6. The van der Waals surface area contributed by atoms with Crippen molar-refractivity contribution in [3.8, 4) is 0 Å².